The second-order valence-corrected chi connectivity index (χ2v) is 3.70. The summed E-state index contributed by atoms with van der Waals surface area (Å²) in [5, 5.41) is 3.16. The maximum Gasteiger partial charge on any atom is 0.101 e. The first-order chi connectivity index (χ1) is 6.33. The predicted molar refractivity (Wildman–Crippen MR) is 56.9 cm³/mol. The van der Waals surface area contributed by atoms with Gasteiger partial charge in [0.1, 0.15) is 6.54 Å². The van der Waals surface area contributed by atoms with E-state index in [-0.39, 0.29) is 0 Å². The first-order valence-corrected chi connectivity index (χ1v) is 5.27. The van der Waals surface area contributed by atoms with Gasteiger partial charge in [0.25, 0.3) is 0 Å². The molecule has 2 heteroatoms. The molecule has 0 radical (unpaired) electrons. The molecule has 0 aliphatic carbocycles. The molecule has 0 aliphatic heterocycles. The van der Waals surface area contributed by atoms with E-state index in [2.05, 4.69) is 18.3 Å². The van der Waals surface area contributed by atoms with Crippen molar-refractivity contribution in [2.24, 2.45) is 0 Å². The fraction of sp³-hybridized carbons (Fsp3) is 0.455. The van der Waals surface area contributed by atoms with E-state index in [9.17, 15) is 0 Å². The summed E-state index contributed by atoms with van der Waals surface area (Å²) in [4.78, 5) is 0. The van der Waals surface area contributed by atoms with Gasteiger partial charge in [-0.25, -0.2) is 0 Å². The minimum atomic E-state index is 0.835. The van der Waals surface area contributed by atoms with Crippen molar-refractivity contribution in [3.05, 3.63) is 34.9 Å². The summed E-state index contributed by atoms with van der Waals surface area (Å²) < 4.78 is 0. The van der Waals surface area contributed by atoms with Crippen molar-refractivity contribution in [2.75, 3.05) is 6.54 Å². The third kappa shape index (κ3) is 4.30. The van der Waals surface area contributed by atoms with Gasteiger partial charge < -0.3 is 5.32 Å². The Morgan fingerprint density at radius 2 is 2.23 bits per heavy atom. The molecule has 0 aromatic heterocycles. The average molecular weight is 199 g/mol. The molecule has 13 heavy (non-hydrogen) atoms. The maximum absolute atomic E-state index is 5.87. The van der Waals surface area contributed by atoms with Gasteiger partial charge in [0, 0.05) is 10.6 Å². The number of rotatable bonds is 5. The monoisotopic (exact) mass is 198 g/mol. The van der Waals surface area contributed by atoms with Crippen LogP contribution in [-0.2, 0) is 6.54 Å². The van der Waals surface area contributed by atoms with Crippen LogP contribution in [-0.4, -0.2) is 6.54 Å². The quantitative estimate of drug-likeness (QED) is 0.699. The number of hydrogen-bond acceptors (Lipinski definition) is 0. The molecule has 1 aromatic carbocycles. The first-order valence-electron chi connectivity index (χ1n) is 4.89. The average Bonchev–Trinajstić information content (AvgIpc) is 2.13. The van der Waals surface area contributed by atoms with Gasteiger partial charge in [-0.05, 0) is 18.6 Å². The Hall–Kier alpha value is -0.530. The van der Waals surface area contributed by atoms with Crippen LogP contribution >= 0.6 is 11.6 Å². The third-order valence-corrected chi connectivity index (χ3v) is 2.27. The molecular weight excluding hydrogens is 182 g/mol. The zero-order valence-corrected chi connectivity index (χ0v) is 8.85. The van der Waals surface area contributed by atoms with Crippen molar-refractivity contribution in [3.63, 3.8) is 0 Å². The van der Waals surface area contributed by atoms with E-state index in [1.807, 2.05) is 18.2 Å². The molecule has 0 saturated carbocycles. The zero-order valence-electron chi connectivity index (χ0n) is 8.09. The molecule has 0 saturated heterocycles. The van der Waals surface area contributed by atoms with Gasteiger partial charge >= 0.3 is 0 Å². The molecule has 1 aromatic rings. The minimum absolute atomic E-state index is 0.835. The SMILES string of the molecule is CCCC[NH2+]Cc1cccc(Cl)c1. The summed E-state index contributed by atoms with van der Waals surface area (Å²) >= 11 is 5.87. The van der Waals surface area contributed by atoms with Gasteiger partial charge in [-0.1, -0.05) is 37.1 Å². The van der Waals surface area contributed by atoms with Crippen LogP contribution in [0, 0.1) is 0 Å². The summed E-state index contributed by atoms with van der Waals surface area (Å²) in [7, 11) is 0. The Morgan fingerprint density at radius 1 is 1.38 bits per heavy atom. The predicted octanol–water partition coefficient (Wildman–Crippen LogP) is 2.20. The lowest BCUT2D eigenvalue weighted by molar-refractivity contribution is -0.670. The second kappa shape index (κ2) is 6.01. The van der Waals surface area contributed by atoms with Crippen molar-refractivity contribution in [3.8, 4) is 0 Å². The molecule has 2 N–H and O–H groups in total. The van der Waals surface area contributed by atoms with Crippen LogP contribution < -0.4 is 5.32 Å². The van der Waals surface area contributed by atoms with Crippen molar-refractivity contribution >= 4 is 11.6 Å². The van der Waals surface area contributed by atoms with E-state index >= 15 is 0 Å². The standard InChI is InChI=1S/C11H16ClN/c1-2-3-7-13-9-10-5-4-6-11(12)8-10/h4-6,8,13H,2-3,7,9H2,1H3/p+1. The Kier molecular flexibility index (Phi) is 4.87. The van der Waals surface area contributed by atoms with Crippen LogP contribution in [0.4, 0.5) is 0 Å². The number of benzene rings is 1. The lowest BCUT2D eigenvalue weighted by Gasteiger charge is -2.01. The highest BCUT2D eigenvalue weighted by Crippen LogP contribution is 2.09. The van der Waals surface area contributed by atoms with Gasteiger partial charge in [0.05, 0.1) is 6.54 Å². The molecule has 0 unspecified atom stereocenters. The first kappa shape index (κ1) is 10.6. The zero-order chi connectivity index (χ0) is 9.52. The molecule has 0 fully saturated rings. The fourth-order valence-corrected chi connectivity index (χ4v) is 1.49. The maximum atomic E-state index is 5.87. The topological polar surface area (TPSA) is 16.6 Å². The molecule has 0 heterocycles. The van der Waals surface area contributed by atoms with E-state index in [4.69, 9.17) is 11.6 Å². The third-order valence-electron chi connectivity index (χ3n) is 2.03. The lowest BCUT2D eigenvalue weighted by atomic mass is 10.2. The number of quaternary nitrogens is 1. The summed E-state index contributed by atoms with van der Waals surface area (Å²) in [5.41, 5.74) is 1.31. The molecule has 1 nitrogen and oxygen atoms in total. The van der Waals surface area contributed by atoms with Gasteiger partial charge in [-0.3, -0.25) is 0 Å². The van der Waals surface area contributed by atoms with Gasteiger partial charge in [-0.2, -0.15) is 0 Å². The van der Waals surface area contributed by atoms with Crippen LogP contribution in [0.5, 0.6) is 0 Å². The normalized spacial score (nSPS) is 10.3. The summed E-state index contributed by atoms with van der Waals surface area (Å²) in [6.07, 6.45) is 2.56. The Labute approximate surface area is 85.1 Å². The highest BCUT2D eigenvalue weighted by molar-refractivity contribution is 6.30. The second-order valence-electron chi connectivity index (χ2n) is 3.26. The highest BCUT2D eigenvalue weighted by Gasteiger charge is 1.95. The lowest BCUT2D eigenvalue weighted by Crippen LogP contribution is -2.82. The molecule has 0 bridgehead atoms. The molecule has 0 spiro atoms. The summed E-state index contributed by atoms with van der Waals surface area (Å²) in [6, 6.07) is 8.07. The number of halogens is 1. The Morgan fingerprint density at radius 3 is 2.92 bits per heavy atom. The van der Waals surface area contributed by atoms with Gasteiger partial charge in [0.15, 0.2) is 0 Å². The van der Waals surface area contributed by atoms with Crippen LogP contribution in [0.3, 0.4) is 0 Å². The van der Waals surface area contributed by atoms with Crippen LogP contribution in [0.1, 0.15) is 25.3 Å². The van der Waals surface area contributed by atoms with E-state index in [1.54, 1.807) is 0 Å². The largest absolute Gasteiger partial charge is 0.343 e. The molecule has 72 valence electrons. The van der Waals surface area contributed by atoms with Crippen molar-refractivity contribution in [1.29, 1.82) is 0 Å². The summed E-state index contributed by atoms with van der Waals surface area (Å²) in [5.74, 6) is 0. The summed E-state index contributed by atoms with van der Waals surface area (Å²) in [6.45, 7) is 4.47. The molecule has 1 rings (SSSR count). The number of unbranched alkanes of at least 4 members (excludes halogenated alkanes) is 1. The van der Waals surface area contributed by atoms with E-state index in [0.29, 0.717) is 0 Å². The Balaban J connectivity index is 2.28. The number of hydrogen-bond donors (Lipinski definition) is 1. The van der Waals surface area contributed by atoms with Crippen molar-refractivity contribution in [2.45, 2.75) is 26.3 Å². The fourth-order valence-electron chi connectivity index (χ4n) is 1.28. The molecule has 0 amide bonds. The van der Waals surface area contributed by atoms with E-state index in [0.717, 1.165) is 11.6 Å². The highest BCUT2D eigenvalue weighted by atomic mass is 35.5. The molecular formula is C11H17ClN+. The Bertz CT molecular complexity index is 248. The van der Waals surface area contributed by atoms with E-state index in [1.165, 1.54) is 24.9 Å². The van der Waals surface area contributed by atoms with E-state index < -0.39 is 0 Å². The van der Waals surface area contributed by atoms with Crippen molar-refractivity contribution < 1.29 is 5.32 Å². The molecule has 0 aliphatic rings. The minimum Gasteiger partial charge on any atom is -0.343 e. The van der Waals surface area contributed by atoms with Crippen molar-refractivity contribution in [1.82, 2.24) is 0 Å². The van der Waals surface area contributed by atoms with Gasteiger partial charge in [-0.15, -0.1) is 0 Å². The van der Waals surface area contributed by atoms with Gasteiger partial charge in [0.2, 0.25) is 0 Å². The molecule has 0 atom stereocenters. The van der Waals surface area contributed by atoms with Crippen LogP contribution in [0.25, 0.3) is 0 Å². The number of nitrogens with two attached hydrogens (primary N) is 1. The van der Waals surface area contributed by atoms with Crippen LogP contribution in [0.15, 0.2) is 24.3 Å². The van der Waals surface area contributed by atoms with Crippen LogP contribution in [0.2, 0.25) is 5.02 Å². The smallest absolute Gasteiger partial charge is 0.101 e.